The van der Waals surface area contributed by atoms with E-state index in [2.05, 4.69) is 11.8 Å². The standard InChI is InChI=1S/C17H20N2O2/c1-4-19-9-8-14-13(10-19)16(11(2)20)12-6-5-7-15(21-3)17(12)18-14/h5-7H,4,8-10H2,1-3H3. The van der Waals surface area contributed by atoms with Gasteiger partial charge in [0, 0.05) is 36.2 Å². The van der Waals surface area contributed by atoms with Crippen LogP contribution in [0.4, 0.5) is 0 Å². The fourth-order valence-electron chi connectivity index (χ4n) is 3.13. The second kappa shape index (κ2) is 5.45. The predicted molar refractivity (Wildman–Crippen MR) is 83.0 cm³/mol. The topological polar surface area (TPSA) is 42.4 Å². The van der Waals surface area contributed by atoms with Gasteiger partial charge < -0.3 is 4.74 Å². The molecule has 0 atom stereocenters. The molecule has 1 aromatic heterocycles. The van der Waals surface area contributed by atoms with Crippen molar-refractivity contribution in [2.45, 2.75) is 26.8 Å². The highest BCUT2D eigenvalue weighted by Crippen LogP contribution is 2.32. The van der Waals surface area contributed by atoms with Crippen LogP contribution in [0.15, 0.2) is 18.2 Å². The molecule has 0 bridgehead atoms. The summed E-state index contributed by atoms with van der Waals surface area (Å²) in [7, 11) is 1.64. The molecule has 1 aromatic carbocycles. The van der Waals surface area contributed by atoms with Crippen molar-refractivity contribution in [1.29, 1.82) is 0 Å². The smallest absolute Gasteiger partial charge is 0.160 e. The van der Waals surface area contributed by atoms with E-state index in [0.29, 0.717) is 0 Å². The first kappa shape index (κ1) is 14.0. The number of hydrogen-bond donors (Lipinski definition) is 0. The number of ketones is 1. The number of nitrogens with zero attached hydrogens (tertiary/aromatic N) is 2. The molecule has 21 heavy (non-hydrogen) atoms. The monoisotopic (exact) mass is 284 g/mol. The number of carbonyl (C=O) groups excluding carboxylic acids is 1. The third-order valence-electron chi connectivity index (χ3n) is 4.23. The summed E-state index contributed by atoms with van der Waals surface area (Å²) in [5.41, 5.74) is 3.75. The first-order chi connectivity index (χ1) is 10.2. The second-order valence-electron chi connectivity index (χ2n) is 5.44. The summed E-state index contributed by atoms with van der Waals surface area (Å²) in [4.78, 5) is 19.4. The summed E-state index contributed by atoms with van der Waals surface area (Å²) in [6.07, 6.45) is 0.886. The number of pyridine rings is 1. The van der Waals surface area contributed by atoms with E-state index < -0.39 is 0 Å². The maximum Gasteiger partial charge on any atom is 0.160 e. The number of carbonyl (C=O) groups is 1. The molecule has 0 saturated heterocycles. The van der Waals surface area contributed by atoms with Crippen molar-refractivity contribution in [2.24, 2.45) is 0 Å². The molecular formula is C17H20N2O2. The van der Waals surface area contributed by atoms with Crippen LogP contribution in [0.2, 0.25) is 0 Å². The number of ether oxygens (including phenoxy) is 1. The zero-order valence-corrected chi connectivity index (χ0v) is 12.8. The minimum atomic E-state index is 0.102. The molecule has 4 heteroatoms. The van der Waals surface area contributed by atoms with Gasteiger partial charge in [-0.1, -0.05) is 19.1 Å². The highest BCUT2D eigenvalue weighted by atomic mass is 16.5. The van der Waals surface area contributed by atoms with Gasteiger partial charge in [-0.3, -0.25) is 9.69 Å². The molecule has 0 amide bonds. The van der Waals surface area contributed by atoms with E-state index >= 15 is 0 Å². The maximum atomic E-state index is 12.2. The van der Waals surface area contributed by atoms with Crippen LogP contribution >= 0.6 is 0 Å². The number of rotatable bonds is 3. The van der Waals surface area contributed by atoms with Gasteiger partial charge in [0.2, 0.25) is 0 Å². The number of methoxy groups -OCH3 is 1. The Bertz CT molecular complexity index is 709. The van der Waals surface area contributed by atoms with Gasteiger partial charge in [-0.25, -0.2) is 4.98 Å². The van der Waals surface area contributed by atoms with Gasteiger partial charge in [0.05, 0.1) is 7.11 Å². The number of aromatic nitrogens is 1. The van der Waals surface area contributed by atoms with Crippen molar-refractivity contribution >= 4 is 16.7 Å². The van der Waals surface area contributed by atoms with E-state index in [1.807, 2.05) is 18.2 Å². The van der Waals surface area contributed by atoms with Gasteiger partial charge in [0.25, 0.3) is 0 Å². The summed E-state index contributed by atoms with van der Waals surface area (Å²) >= 11 is 0. The van der Waals surface area contributed by atoms with Crippen LogP contribution in [0.1, 0.15) is 35.5 Å². The lowest BCUT2D eigenvalue weighted by molar-refractivity contribution is 0.101. The number of likely N-dealkylation sites (N-methyl/N-ethyl adjacent to an activating group) is 1. The molecule has 4 nitrogen and oxygen atoms in total. The van der Waals surface area contributed by atoms with Crippen LogP contribution in [0.25, 0.3) is 10.9 Å². The maximum absolute atomic E-state index is 12.2. The van der Waals surface area contributed by atoms with Crippen molar-refractivity contribution in [3.63, 3.8) is 0 Å². The fourth-order valence-corrected chi connectivity index (χ4v) is 3.13. The Kier molecular flexibility index (Phi) is 3.64. The summed E-state index contributed by atoms with van der Waals surface area (Å²) in [5, 5.41) is 0.901. The second-order valence-corrected chi connectivity index (χ2v) is 5.44. The first-order valence-corrected chi connectivity index (χ1v) is 7.37. The molecule has 0 spiro atoms. The lowest BCUT2D eigenvalue weighted by Crippen LogP contribution is -2.32. The van der Waals surface area contributed by atoms with E-state index in [1.165, 1.54) is 0 Å². The van der Waals surface area contributed by atoms with Gasteiger partial charge >= 0.3 is 0 Å². The van der Waals surface area contributed by atoms with Crippen molar-refractivity contribution in [3.8, 4) is 5.75 Å². The quantitative estimate of drug-likeness (QED) is 0.813. The molecule has 0 unspecified atom stereocenters. The van der Waals surface area contributed by atoms with E-state index in [-0.39, 0.29) is 5.78 Å². The molecule has 2 aromatic rings. The Hall–Kier alpha value is -1.94. The fraction of sp³-hybridized carbons (Fsp3) is 0.412. The Morgan fingerprint density at radius 1 is 1.43 bits per heavy atom. The molecule has 0 saturated carbocycles. The number of para-hydroxylation sites is 1. The summed E-state index contributed by atoms with van der Waals surface area (Å²) in [5.74, 6) is 0.834. The van der Waals surface area contributed by atoms with E-state index in [9.17, 15) is 4.79 Å². The molecule has 1 aliphatic rings. The van der Waals surface area contributed by atoms with Crippen LogP contribution < -0.4 is 4.74 Å². The lowest BCUT2D eigenvalue weighted by Gasteiger charge is -2.29. The van der Waals surface area contributed by atoms with Gasteiger partial charge in [-0.05, 0) is 25.1 Å². The normalized spacial score (nSPS) is 15.0. The zero-order valence-electron chi connectivity index (χ0n) is 12.8. The third-order valence-corrected chi connectivity index (χ3v) is 4.23. The summed E-state index contributed by atoms with van der Waals surface area (Å²) in [6.45, 7) is 6.58. The molecule has 0 fully saturated rings. The largest absolute Gasteiger partial charge is 0.494 e. The molecule has 0 N–H and O–H groups in total. The van der Waals surface area contributed by atoms with Gasteiger partial charge in [-0.2, -0.15) is 0 Å². The third kappa shape index (κ3) is 2.29. The van der Waals surface area contributed by atoms with Gasteiger partial charge in [0.1, 0.15) is 11.3 Å². The van der Waals surface area contributed by atoms with E-state index in [1.54, 1.807) is 14.0 Å². The summed E-state index contributed by atoms with van der Waals surface area (Å²) in [6, 6.07) is 5.78. The predicted octanol–water partition coefficient (Wildman–Crippen LogP) is 2.82. The number of benzene rings is 1. The SMILES string of the molecule is CCN1CCc2nc3c(OC)cccc3c(C(C)=O)c2C1. The Morgan fingerprint density at radius 2 is 2.24 bits per heavy atom. The minimum absolute atomic E-state index is 0.102. The van der Waals surface area contributed by atoms with Crippen molar-refractivity contribution in [2.75, 3.05) is 20.2 Å². The van der Waals surface area contributed by atoms with Crippen molar-refractivity contribution in [1.82, 2.24) is 9.88 Å². The lowest BCUT2D eigenvalue weighted by atomic mass is 9.93. The zero-order chi connectivity index (χ0) is 15.0. The molecular weight excluding hydrogens is 264 g/mol. The number of hydrogen-bond acceptors (Lipinski definition) is 4. The molecule has 1 aliphatic heterocycles. The average molecular weight is 284 g/mol. The Morgan fingerprint density at radius 3 is 2.90 bits per heavy atom. The Labute approximate surface area is 124 Å². The molecule has 3 rings (SSSR count). The van der Waals surface area contributed by atoms with Crippen LogP contribution in [0.5, 0.6) is 5.75 Å². The summed E-state index contributed by atoms with van der Waals surface area (Å²) < 4.78 is 5.41. The van der Waals surface area contributed by atoms with Crippen LogP contribution in [-0.4, -0.2) is 35.9 Å². The van der Waals surface area contributed by atoms with Crippen molar-refractivity contribution in [3.05, 3.63) is 35.0 Å². The van der Waals surface area contributed by atoms with Crippen LogP contribution in [0, 0.1) is 0 Å². The van der Waals surface area contributed by atoms with E-state index in [0.717, 1.165) is 59.5 Å². The van der Waals surface area contributed by atoms with E-state index in [4.69, 9.17) is 9.72 Å². The van der Waals surface area contributed by atoms with Gasteiger partial charge in [-0.15, -0.1) is 0 Å². The number of fused-ring (bicyclic) bond motifs is 2. The minimum Gasteiger partial charge on any atom is -0.494 e. The highest BCUT2D eigenvalue weighted by Gasteiger charge is 2.24. The average Bonchev–Trinajstić information content (AvgIpc) is 2.51. The van der Waals surface area contributed by atoms with Crippen LogP contribution in [-0.2, 0) is 13.0 Å². The molecule has 110 valence electrons. The van der Waals surface area contributed by atoms with Gasteiger partial charge in [0.15, 0.2) is 5.78 Å². The van der Waals surface area contributed by atoms with Crippen molar-refractivity contribution < 1.29 is 9.53 Å². The number of Topliss-reactive ketones (excluding diaryl/α,β-unsaturated/α-hetero) is 1. The Balaban J connectivity index is 2.31. The molecule has 2 heterocycles. The van der Waals surface area contributed by atoms with Crippen LogP contribution in [0.3, 0.4) is 0 Å². The molecule has 0 radical (unpaired) electrons. The highest BCUT2D eigenvalue weighted by molar-refractivity contribution is 6.08. The first-order valence-electron chi connectivity index (χ1n) is 7.37. The molecule has 0 aliphatic carbocycles.